The number of fused-ring (bicyclic) bond motifs is 1. The van der Waals surface area contributed by atoms with Crippen LogP contribution < -0.4 is 14.9 Å². The van der Waals surface area contributed by atoms with Crippen LogP contribution in [0.5, 0.6) is 5.75 Å². The van der Waals surface area contributed by atoms with Crippen LogP contribution in [0.25, 0.3) is 10.2 Å². The molecule has 3 aromatic rings. The van der Waals surface area contributed by atoms with Crippen molar-refractivity contribution in [3.8, 4) is 5.75 Å². The normalized spacial score (nSPS) is 11.7. The number of aromatic nitrogens is 1. The van der Waals surface area contributed by atoms with Gasteiger partial charge in [0, 0.05) is 6.42 Å². The molecule has 0 unspecified atom stereocenters. The van der Waals surface area contributed by atoms with E-state index < -0.39 is 9.84 Å². The molecule has 0 radical (unpaired) electrons. The fourth-order valence-electron chi connectivity index (χ4n) is 4.03. The van der Waals surface area contributed by atoms with Crippen LogP contribution in [0.4, 0.5) is 0 Å². The van der Waals surface area contributed by atoms with Crippen LogP contribution in [0.2, 0.25) is 0 Å². The number of nitrogens with one attached hydrogen (secondary N) is 2. The number of H-pyrrole nitrogens is 1. The summed E-state index contributed by atoms with van der Waals surface area (Å²) in [5.74, 6) is 0.229. The van der Waals surface area contributed by atoms with E-state index in [1.807, 2.05) is 36.4 Å². The summed E-state index contributed by atoms with van der Waals surface area (Å²) in [6.07, 6.45) is 5.09. The number of esters is 1. The van der Waals surface area contributed by atoms with E-state index in [0.717, 1.165) is 47.3 Å². The van der Waals surface area contributed by atoms with Crippen LogP contribution in [-0.2, 0) is 32.2 Å². The number of carbonyl (C=O) groups excluding carboxylic acids is 1. The second-order valence-corrected chi connectivity index (χ2v) is 12.5. The number of aromatic amines is 1. The molecule has 38 heavy (non-hydrogen) atoms. The van der Waals surface area contributed by atoms with Crippen molar-refractivity contribution in [3.63, 3.8) is 0 Å². The number of benzene rings is 2. The Hall–Kier alpha value is -2.53. The van der Waals surface area contributed by atoms with Gasteiger partial charge in [-0.1, -0.05) is 67.5 Å². The lowest BCUT2D eigenvalue weighted by Crippen LogP contribution is -2.23. The third-order valence-electron chi connectivity index (χ3n) is 6.13. The average molecular weight is 563 g/mol. The average Bonchev–Trinajstić information content (AvgIpc) is 3.29. The van der Waals surface area contributed by atoms with Crippen molar-refractivity contribution in [3.05, 3.63) is 63.3 Å². The molecule has 2 aromatic carbocycles. The topological polar surface area (TPSA) is 115 Å². The van der Waals surface area contributed by atoms with Crippen molar-refractivity contribution >= 4 is 37.4 Å². The monoisotopic (exact) mass is 562 g/mol. The van der Waals surface area contributed by atoms with Crippen molar-refractivity contribution in [2.24, 2.45) is 0 Å². The Balaban J connectivity index is 1.35. The number of hydrogen-bond acceptors (Lipinski definition) is 8. The fourth-order valence-corrected chi connectivity index (χ4v) is 6.08. The largest absolute Gasteiger partial charge is 0.424 e. The molecule has 0 saturated heterocycles. The summed E-state index contributed by atoms with van der Waals surface area (Å²) in [7, 11) is -3.16. The van der Waals surface area contributed by atoms with E-state index in [9.17, 15) is 18.0 Å². The first-order valence-corrected chi connectivity index (χ1v) is 15.9. The molecule has 3 rings (SSSR count). The maximum Gasteiger partial charge on any atom is 0.311 e. The molecule has 0 aliphatic carbocycles. The van der Waals surface area contributed by atoms with Gasteiger partial charge < -0.3 is 19.8 Å². The van der Waals surface area contributed by atoms with E-state index in [0.29, 0.717) is 50.2 Å². The van der Waals surface area contributed by atoms with Crippen molar-refractivity contribution in [2.45, 2.75) is 51.9 Å². The number of thiazole rings is 1. The third kappa shape index (κ3) is 10.3. The molecule has 0 atom stereocenters. The minimum Gasteiger partial charge on any atom is -0.424 e. The van der Waals surface area contributed by atoms with Gasteiger partial charge in [-0.3, -0.25) is 9.59 Å². The van der Waals surface area contributed by atoms with Crippen LogP contribution in [0.1, 0.15) is 50.2 Å². The second kappa shape index (κ2) is 15.8. The Bertz CT molecular complexity index is 1300. The van der Waals surface area contributed by atoms with Gasteiger partial charge >= 0.3 is 10.8 Å². The van der Waals surface area contributed by atoms with Crippen LogP contribution >= 0.6 is 11.3 Å². The molecular formula is C28H38N2O6S2. The molecule has 0 fully saturated rings. The lowest BCUT2D eigenvalue weighted by atomic mass is 10.1. The first-order valence-electron chi connectivity index (χ1n) is 13.3. The van der Waals surface area contributed by atoms with Gasteiger partial charge in [0.05, 0.1) is 29.4 Å². The van der Waals surface area contributed by atoms with Crippen LogP contribution in [0.3, 0.4) is 0 Å². The second-order valence-electron chi connectivity index (χ2n) is 9.23. The first kappa shape index (κ1) is 30.0. The summed E-state index contributed by atoms with van der Waals surface area (Å²) in [6.45, 7) is 4.01. The van der Waals surface area contributed by atoms with E-state index >= 15 is 0 Å². The van der Waals surface area contributed by atoms with Gasteiger partial charge in [0.2, 0.25) is 0 Å². The lowest BCUT2D eigenvalue weighted by molar-refractivity contribution is -0.134. The number of carbonyl (C=O) groups is 1. The molecule has 2 N–H and O–H groups in total. The standard InChI is InChI=1S/C28H38N2O6S2/c1-2-3-5-11-25(31)36-24-13-12-23(27-26(24)30-28(32)37-27)14-17-29-16-8-20-38(33,34)21-19-35-18-15-22-9-6-4-7-10-22/h4,6-7,9-10,12-13,29H,2-3,5,8,11,14-21H2,1H3,(H,30,32). The summed E-state index contributed by atoms with van der Waals surface area (Å²) in [4.78, 5) is 26.7. The molecule has 0 saturated carbocycles. The smallest absolute Gasteiger partial charge is 0.311 e. The maximum atomic E-state index is 12.3. The van der Waals surface area contributed by atoms with Crippen LogP contribution in [-0.4, -0.2) is 57.2 Å². The molecule has 1 heterocycles. The van der Waals surface area contributed by atoms with Crippen molar-refractivity contribution in [1.29, 1.82) is 0 Å². The molecule has 208 valence electrons. The molecule has 0 aliphatic rings. The lowest BCUT2D eigenvalue weighted by Gasteiger charge is -2.09. The maximum absolute atomic E-state index is 12.3. The molecule has 0 bridgehead atoms. The quantitative estimate of drug-likeness (QED) is 0.135. The molecule has 0 aliphatic heterocycles. The Morgan fingerprint density at radius 1 is 0.974 bits per heavy atom. The van der Waals surface area contributed by atoms with E-state index in [2.05, 4.69) is 17.2 Å². The zero-order chi connectivity index (χ0) is 27.2. The predicted octanol–water partition coefficient (Wildman–Crippen LogP) is 4.27. The fraction of sp³-hybridized carbons (Fsp3) is 0.500. The number of unbranched alkanes of at least 4 members (excludes halogenated alkanes) is 2. The highest BCUT2D eigenvalue weighted by Gasteiger charge is 2.14. The summed E-state index contributed by atoms with van der Waals surface area (Å²) >= 11 is 1.10. The van der Waals surface area contributed by atoms with Crippen molar-refractivity contribution < 1.29 is 22.7 Å². The molecular weight excluding hydrogens is 524 g/mol. The Labute approximate surface area is 228 Å². The summed E-state index contributed by atoms with van der Waals surface area (Å²) in [5, 5.41) is 3.28. The number of hydrogen-bond donors (Lipinski definition) is 2. The first-order chi connectivity index (χ1) is 18.4. The number of ether oxygens (including phenoxy) is 2. The highest BCUT2D eigenvalue weighted by Crippen LogP contribution is 2.29. The van der Waals surface area contributed by atoms with Gasteiger partial charge in [-0.2, -0.15) is 0 Å². The minimum absolute atomic E-state index is 0.0295. The summed E-state index contributed by atoms with van der Waals surface area (Å²) in [5.41, 5.74) is 2.70. The van der Waals surface area contributed by atoms with Gasteiger partial charge in [-0.15, -0.1) is 0 Å². The summed E-state index contributed by atoms with van der Waals surface area (Å²) in [6, 6.07) is 13.6. The Kier molecular flexibility index (Phi) is 12.5. The highest BCUT2D eigenvalue weighted by atomic mass is 32.2. The third-order valence-corrected chi connectivity index (χ3v) is 8.78. The molecule has 8 nitrogen and oxygen atoms in total. The minimum atomic E-state index is -3.16. The SMILES string of the molecule is CCCCCC(=O)Oc1ccc(CCNCCCS(=O)(=O)CCOCCc2ccccc2)c2sc(=O)[nH]c12. The summed E-state index contributed by atoms with van der Waals surface area (Å²) < 4.78 is 36.3. The van der Waals surface area contributed by atoms with Crippen molar-refractivity contribution in [2.75, 3.05) is 37.8 Å². The van der Waals surface area contributed by atoms with Crippen LogP contribution in [0, 0.1) is 0 Å². The van der Waals surface area contributed by atoms with Gasteiger partial charge in [0.25, 0.3) is 0 Å². The number of rotatable bonds is 18. The molecule has 0 spiro atoms. The van der Waals surface area contributed by atoms with Gasteiger partial charge in [0.15, 0.2) is 15.6 Å². The van der Waals surface area contributed by atoms with E-state index in [-0.39, 0.29) is 29.0 Å². The van der Waals surface area contributed by atoms with E-state index in [1.165, 1.54) is 5.56 Å². The predicted molar refractivity (Wildman–Crippen MR) is 153 cm³/mol. The Morgan fingerprint density at radius 3 is 2.58 bits per heavy atom. The van der Waals surface area contributed by atoms with Crippen molar-refractivity contribution in [1.82, 2.24) is 10.3 Å². The van der Waals surface area contributed by atoms with E-state index in [4.69, 9.17) is 9.47 Å². The van der Waals surface area contributed by atoms with Gasteiger partial charge in [-0.25, -0.2) is 8.42 Å². The molecule has 10 heteroatoms. The Morgan fingerprint density at radius 2 is 1.79 bits per heavy atom. The number of sulfone groups is 1. The van der Waals surface area contributed by atoms with Gasteiger partial charge in [0.1, 0.15) is 5.52 Å². The van der Waals surface area contributed by atoms with E-state index in [1.54, 1.807) is 6.07 Å². The molecule has 1 aromatic heterocycles. The highest BCUT2D eigenvalue weighted by molar-refractivity contribution is 7.91. The van der Waals surface area contributed by atoms with Gasteiger partial charge in [-0.05, 0) is 56.0 Å². The zero-order valence-corrected chi connectivity index (χ0v) is 23.6. The molecule has 0 amide bonds. The zero-order valence-electron chi connectivity index (χ0n) is 22.0. The van der Waals surface area contributed by atoms with Crippen LogP contribution in [0.15, 0.2) is 47.3 Å².